The smallest absolute Gasteiger partial charge is 0.225 e. The summed E-state index contributed by atoms with van der Waals surface area (Å²) in [5, 5.41) is 2.95. The summed E-state index contributed by atoms with van der Waals surface area (Å²) in [4.78, 5) is 11.8. The van der Waals surface area contributed by atoms with E-state index in [9.17, 15) is 4.79 Å². The van der Waals surface area contributed by atoms with Gasteiger partial charge in [-0.15, -0.1) is 12.4 Å². The van der Waals surface area contributed by atoms with Gasteiger partial charge in [-0.3, -0.25) is 4.79 Å². The number of amides is 1. The lowest BCUT2D eigenvalue weighted by Gasteiger charge is -2.29. The summed E-state index contributed by atoms with van der Waals surface area (Å²) in [6.45, 7) is 10.6. The van der Waals surface area contributed by atoms with Gasteiger partial charge < -0.3 is 11.1 Å². The van der Waals surface area contributed by atoms with E-state index in [1.165, 1.54) is 0 Å². The molecule has 0 aliphatic rings. The molecule has 0 aliphatic carbocycles. The van der Waals surface area contributed by atoms with E-state index in [-0.39, 0.29) is 29.3 Å². The molecular weight excluding hydrogens is 224 g/mol. The molecule has 0 bridgehead atoms. The van der Waals surface area contributed by atoms with Crippen LogP contribution >= 0.6 is 12.4 Å². The van der Waals surface area contributed by atoms with Crippen LogP contribution in [0.15, 0.2) is 0 Å². The van der Waals surface area contributed by atoms with Gasteiger partial charge in [0.05, 0.1) is 0 Å². The molecule has 1 amide bonds. The summed E-state index contributed by atoms with van der Waals surface area (Å²) in [5.74, 6) is 0.0988. The molecule has 3 N–H and O–H groups in total. The Morgan fingerprint density at radius 1 is 1.12 bits per heavy atom. The Morgan fingerprint density at radius 3 is 1.88 bits per heavy atom. The summed E-state index contributed by atoms with van der Waals surface area (Å²) < 4.78 is 0. The van der Waals surface area contributed by atoms with Crippen molar-refractivity contribution in [2.24, 2.45) is 11.1 Å². The van der Waals surface area contributed by atoms with E-state index < -0.39 is 0 Å². The molecule has 0 heterocycles. The number of nitrogens with one attached hydrogen (secondary N) is 1. The number of rotatable bonds is 6. The lowest BCUT2D eigenvalue weighted by Crippen LogP contribution is -2.51. The van der Waals surface area contributed by atoms with Crippen LogP contribution in [0.5, 0.6) is 0 Å². The molecule has 0 radical (unpaired) electrons. The molecule has 0 saturated carbocycles. The van der Waals surface area contributed by atoms with Crippen LogP contribution in [-0.4, -0.2) is 18.0 Å². The number of carbonyl (C=O) groups excluding carboxylic acids is 1. The maximum Gasteiger partial charge on any atom is 0.225 e. The molecule has 0 atom stereocenters. The van der Waals surface area contributed by atoms with Crippen molar-refractivity contribution in [1.82, 2.24) is 5.32 Å². The lowest BCUT2D eigenvalue weighted by molar-refractivity contribution is -0.129. The van der Waals surface area contributed by atoms with Crippen molar-refractivity contribution in [3.8, 4) is 0 Å². The topological polar surface area (TPSA) is 55.1 Å². The fourth-order valence-corrected chi connectivity index (χ4v) is 1.16. The molecule has 0 aromatic rings. The molecule has 0 aromatic carbocycles. The van der Waals surface area contributed by atoms with Crippen molar-refractivity contribution in [2.75, 3.05) is 6.54 Å². The standard InChI is InChI=1S/C12H26N2O.ClH/c1-6-11(4,5)10(15)14-9-12(13,7-2)8-3;/h6-9,13H2,1-5H3,(H,14,15);1H. The minimum absolute atomic E-state index is 0. The first-order chi connectivity index (χ1) is 6.81. The van der Waals surface area contributed by atoms with Crippen molar-refractivity contribution in [3.63, 3.8) is 0 Å². The van der Waals surface area contributed by atoms with Crippen molar-refractivity contribution < 1.29 is 4.79 Å². The molecule has 0 spiro atoms. The van der Waals surface area contributed by atoms with Crippen molar-refractivity contribution in [1.29, 1.82) is 0 Å². The van der Waals surface area contributed by atoms with E-state index in [0.717, 1.165) is 19.3 Å². The van der Waals surface area contributed by atoms with E-state index in [0.29, 0.717) is 6.54 Å². The van der Waals surface area contributed by atoms with Gasteiger partial charge in [-0.05, 0) is 19.3 Å². The van der Waals surface area contributed by atoms with Gasteiger partial charge in [0.2, 0.25) is 5.91 Å². The zero-order chi connectivity index (χ0) is 12.1. The molecule has 16 heavy (non-hydrogen) atoms. The van der Waals surface area contributed by atoms with Crippen LogP contribution in [0, 0.1) is 5.41 Å². The van der Waals surface area contributed by atoms with Gasteiger partial charge in [-0.1, -0.05) is 34.6 Å². The van der Waals surface area contributed by atoms with Gasteiger partial charge >= 0.3 is 0 Å². The summed E-state index contributed by atoms with van der Waals surface area (Å²) >= 11 is 0. The fraction of sp³-hybridized carbons (Fsp3) is 0.917. The Hall–Kier alpha value is -0.280. The summed E-state index contributed by atoms with van der Waals surface area (Å²) in [6.07, 6.45) is 2.61. The van der Waals surface area contributed by atoms with Gasteiger partial charge in [0.15, 0.2) is 0 Å². The Labute approximate surface area is 106 Å². The first-order valence-corrected chi connectivity index (χ1v) is 5.88. The van der Waals surface area contributed by atoms with Crippen LogP contribution in [0.3, 0.4) is 0 Å². The van der Waals surface area contributed by atoms with Crippen LogP contribution < -0.4 is 11.1 Å². The largest absolute Gasteiger partial charge is 0.354 e. The SMILES string of the molecule is CCC(N)(CC)CNC(=O)C(C)(C)CC.Cl. The zero-order valence-corrected chi connectivity index (χ0v) is 12.0. The van der Waals surface area contributed by atoms with Crippen molar-refractivity contribution in [3.05, 3.63) is 0 Å². The maximum absolute atomic E-state index is 11.8. The second-order valence-corrected chi connectivity index (χ2v) is 4.99. The number of nitrogens with two attached hydrogens (primary N) is 1. The third-order valence-electron chi connectivity index (χ3n) is 3.51. The molecule has 0 saturated heterocycles. The van der Waals surface area contributed by atoms with Gasteiger partial charge in [-0.25, -0.2) is 0 Å². The summed E-state index contributed by atoms with van der Waals surface area (Å²) in [6, 6.07) is 0. The lowest BCUT2D eigenvalue weighted by atomic mass is 9.88. The van der Waals surface area contributed by atoms with Crippen LogP contribution in [0.2, 0.25) is 0 Å². The highest BCUT2D eigenvalue weighted by Gasteiger charge is 2.28. The number of halogens is 1. The van der Waals surface area contributed by atoms with Gasteiger partial charge in [0, 0.05) is 17.5 Å². The highest BCUT2D eigenvalue weighted by Crippen LogP contribution is 2.20. The van der Waals surface area contributed by atoms with Gasteiger partial charge in [-0.2, -0.15) is 0 Å². The molecule has 0 aromatic heterocycles. The van der Waals surface area contributed by atoms with Crippen LogP contribution in [0.4, 0.5) is 0 Å². The number of hydrogen-bond donors (Lipinski definition) is 2. The Bertz CT molecular complexity index is 213. The van der Waals surface area contributed by atoms with Gasteiger partial charge in [0.1, 0.15) is 0 Å². The molecule has 0 rings (SSSR count). The zero-order valence-electron chi connectivity index (χ0n) is 11.2. The minimum Gasteiger partial charge on any atom is -0.354 e. The predicted molar refractivity (Wildman–Crippen MR) is 71.8 cm³/mol. The number of hydrogen-bond acceptors (Lipinski definition) is 2. The second kappa shape index (κ2) is 7.13. The van der Waals surface area contributed by atoms with E-state index in [1.807, 2.05) is 20.8 Å². The first kappa shape index (κ1) is 18.1. The van der Waals surface area contributed by atoms with Crippen molar-refractivity contribution >= 4 is 18.3 Å². The van der Waals surface area contributed by atoms with E-state index in [4.69, 9.17) is 5.73 Å². The predicted octanol–water partition coefficient (Wildman–Crippen LogP) is 2.48. The Kier molecular flexibility index (Phi) is 8.06. The number of carbonyl (C=O) groups is 1. The van der Waals surface area contributed by atoms with E-state index in [2.05, 4.69) is 19.2 Å². The summed E-state index contributed by atoms with van der Waals surface area (Å²) in [7, 11) is 0. The van der Waals surface area contributed by atoms with E-state index in [1.54, 1.807) is 0 Å². The normalized spacial score (nSPS) is 11.9. The fourth-order valence-electron chi connectivity index (χ4n) is 1.16. The molecule has 4 heteroatoms. The quantitative estimate of drug-likeness (QED) is 0.761. The van der Waals surface area contributed by atoms with Crippen LogP contribution in [-0.2, 0) is 4.79 Å². The molecular formula is C12H27ClN2O. The monoisotopic (exact) mass is 250 g/mol. The average molecular weight is 251 g/mol. The van der Waals surface area contributed by atoms with Crippen molar-refractivity contribution in [2.45, 2.75) is 59.4 Å². The highest BCUT2D eigenvalue weighted by molar-refractivity contribution is 5.85. The summed E-state index contributed by atoms with van der Waals surface area (Å²) in [5.41, 5.74) is 5.58. The van der Waals surface area contributed by atoms with Crippen LogP contribution in [0.1, 0.15) is 53.9 Å². The Morgan fingerprint density at radius 2 is 1.56 bits per heavy atom. The third-order valence-corrected chi connectivity index (χ3v) is 3.51. The molecule has 0 aliphatic heterocycles. The Balaban J connectivity index is 0. The third kappa shape index (κ3) is 5.17. The molecule has 0 fully saturated rings. The molecule has 98 valence electrons. The van der Waals surface area contributed by atoms with Gasteiger partial charge in [0.25, 0.3) is 0 Å². The second-order valence-electron chi connectivity index (χ2n) is 4.99. The minimum atomic E-state index is -0.289. The van der Waals surface area contributed by atoms with E-state index >= 15 is 0 Å². The van der Waals surface area contributed by atoms with Crippen LogP contribution in [0.25, 0.3) is 0 Å². The maximum atomic E-state index is 11.8. The molecule has 3 nitrogen and oxygen atoms in total. The first-order valence-electron chi connectivity index (χ1n) is 5.88. The average Bonchev–Trinajstić information content (AvgIpc) is 2.25. The highest BCUT2D eigenvalue weighted by atomic mass is 35.5. The molecule has 0 unspecified atom stereocenters.